The Morgan fingerprint density at radius 1 is 1.14 bits per heavy atom. The van der Waals surface area contributed by atoms with Gasteiger partial charge in [0.25, 0.3) is 0 Å². The van der Waals surface area contributed by atoms with Gasteiger partial charge in [0.15, 0.2) is 0 Å². The Hall–Kier alpha value is -2.55. The molecule has 3 heteroatoms. The number of benzene rings is 1. The number of nitrogens with zero attached hydrogens (tertiary/aromatic N) is 1. The summed E-state index contributed by atoms with van der Waals surface area (Å²) in [5, 5.41) is 13.4. The SMILES string of the molecule is CC(C)=CCCC(C)=CCCC1(C)C=Cc2c(c3ccccc3[n+]([O-])c2C)O1. The number of para-hydroxylation sites is 1. The van der Waals surface area contributed by atoms with Crippen LogP contribution in [-0.4, -0.2) is 5.60 Å². The third-order valence-electron chi connectivity index (χ3n) is 5.47. The van der Waals surface area contributed by atoms with Crippen LogP contribution in [0.25, 0.3) is 17.0 Å². The quantitative estimate of drug-likeness (QED) is 0.331. The van der Waals surface area contributed by atoms with E-state index in [0.717, 1.165) is 47.1 Å². The van der Waals surface area contributed by atoms with Gasteiger partial charge in [-0.3, -0.25) is 0 Å². The maximum atomic E-state index is 12.6. The molecule has 0 radical (unpaired) electrons. The highest BCUT2D eigenvalue weighted by atomic mass is 16.5. The van der Waals surface area contributed by atoms with Crippen molar-refractivity contribution >= 4 is 17.0 Å². The van der Waals surface area contributed by atoms with E-state index in [2.05, 4.69) is 52.0 Å². The third-order valence-corrected chi connectivity index (χ3v) is 5.47. The van der Waals surface area contributed by atoms with Crippen molar-refractivity contribution in [1.29, 1.82) is 0 Å². The van der Waals surface area contributed by atoms with Crippen LogP contribution in [0.15, 0.2) is 53.6 Å². The van der Waals surface area contributed by atoms with Gasteiger partial charge in [-0.2, -0.15) is 4.73 Å². The van der Waals surface area contributed by atoms with Gasteiger partial charge < -0.3 is 9.94 Å². The molecule has 28 heavy (non-hydrogen) atoms. The lowest BCUT2D eigenvalue weighted by molar-refractivity contribution is -0.584. The second kappa shape index (κ2) is 8.22. The predicted octanol–water partition coefficient (Wildman–Crippen LogP) is 6.42. The average Bonchev–Trinajstić information content (AvgIpc) is 2.65. The van der Waals surface area contributed by atoms with Gasteiger partial charge in [0, 0.05) is 13.0 Å². The lowest BCUT2D eigenvalue weighted by Gasteiger charge is -2.32. The topological polar surface area (TPSA) is 36.2 Å². The highest BCUT2D eigenvalue weighted by molar-refractivity contribution is 5.87. The van der Waals surface area contributed by atoms with E-state index >= 15 is 0 Å². The van der Waals surface area contributed by atoms with Crippen LogP contribution >= 0.6 is 0 Å². The monoisotopic (exact) mass is 377 g/mol. The zero-order chi connectivity index (χ0) is 20.3. The molecule has 1 aromatic carbocycles. The van der Waals surface area contributed by atoms with Crippen molar-refractivity contribution < 1.29 is 9.47 Å². The van der Waals surface area contributed by atoms with Gasteiger partial charge in [0.05, 0.1) is 10.9 Å². The van der Waals surface area contributed by atoms with E-state index < -0.39 is 0 Å². The van der Waals surface area contributed by atoms with E-state index in [1.807, 2.05) is 31.2 Å². The highest BCUT2D eigenvalue weighted by Crippen LogP contribution is 2.39. The molecule has 0 spiro atoms. The molecule has 0 fully saturated rings. The van der Waals surface area contributed by atoms with Gasteiger partial charge in [0.1, 0.15) is 11.4 Å². The summed E-state index contributed by atoms with van der Waals surface area (Å²) >= 11 is 0. The van der Waals surface area contributed by atoms with Crippen molar-refractivity contribution in [1.82, 2.24) is 0 Å². The summed E-state index contributed by atoms with van der Waals surface area (Å²) in [7, 11) is 0. The van der Waals surface area contributed by atoms with Crippen LogP contribution in [0.3, 0.4) is 0 Å². The molecule has 1 atom stereocenters. The van der Waals surface area contributed by atoms with Crippen LogP contribution in [0, 0.1) is 12.1 Å². The molecule has 3 rings (SSSR count). The van der Waals surface area contributed by atoms with E-state index in [0.29, 0.717) is 11.2 Å². The molecule has 1 unspecified atom stereocenters. The summed E-state index contributed by atoms with van der Waals surface area (Å²) < 4.78 is 7.49. The van der Waals surface area contributed by atoms with Crippen LogP contribution in [0.5, 0.6) is 5.75 Å². The molecule has 148 valence electrons. The molecule has 0 bridgehead atoms. The number of allylic oxidation sites excluding steroid dienone is 4. The molecule has 2 aromatic rings. The fourth-order valence-corrected chi connectivity index (χ4v) is 3.71. The van der Waals surface area contributed by atoms with E-state index in [1.165, 1.54) is 11.1 Å². The Balaban J connectivity index is 1.77. The molecule has 3 nitrogen and oxygen atoms in total. The highest BCUT2D eigenvalue weighted by Gasteiger charge is 2.31. The second-order valence-corrected chi connectivity index (χ2v) is 8.30. The summed E-state index contributed by atoms with van der Waals surface area (Å²) in [4.78, 5) is 0. The summed E-state index contributed by atoms with van der Waals surface area (Å²) in [5.74, 6) is 0.828. The van der Waals surface area contributed by atoms with Crippen LogP contribution < -0.4 is 9.47 Å². The van der Waals surface area contributed by atoms with Gasteiger partial charge in [-0.15, -0.1) is 0 Å². The molecule has 0 amide bonds. The van der Waals surface area contributed by atoms with E-state index in [1.54, 1.807) is 0 Å². The van der Waals surface area contributed by atoms with E-state index in [-0.39, 0.29) is 5.60 Å². The zero-order valence-electron chi connectivity index (χ0n) is 17.7. The van der Waals surface area contributed by atoms with Crippen molar-refractivity contribution in [3.8, 4) is 5.75 Å². The Labute approximate surface area is 168 Å². The van der Waals surface area contributed by atoms with Gasteiger partial charge >= 0.3 is 0 Å². The van der Waals surface area contributed by atoms with Crippen LogP contribution in [-0.2, 0) is 0 Å². The van der Waals surface area contributed by atoms with Crippen LogP contribution in [0.2, 0.25) is 0 Å². The molecule has 2 heterocycles. The maximum absolute atomic E-state index is 12.6. The van der Waals surface area contributed by atoms with E-state index in [9.17, 15) is 5.21 Å². The normalized spacial score (nSPS) is 18.7. The molecule has 1 aliphatic rings. The molecule has 1 aliphatic heterocycles. The summed E-state index contributed by atoms with van der Waals surface area (Å²) in [6.07, 6.45) is 12.9. The number of pyridine rings is 1. The fourth-order valence-electron chi connectivity index (χ4n) is 3.71. The largest absolute Gasteiger partial charge is 0.618 e. The van der Waals surface area contributed by atoms with Crippen molar-refractivity contribution in [2.45, 2.75) is 65.9 Å². The Kier molecular flexibility index (Phi) is 5.93. The van der Waals surface area contributed by atoms with Crippen molar-refractivity contribution in [3.05, 3.63) is 70.1 Å². The minimum absolute atomic E-state index is 0.367. The van der Waals surface area contributed by atoms with E-state index in [4.69, 9.17) is 4.74 Å². The molecule has 0 saturated heterocycles. The lowest BCUT2D eigenvalue weighted by atomic mass is 9.93. The Bertz CT molecular complexity index is 964. The maximum Gasteiger partial charge on any atom is 0.227 e. The Morgan fingerprint density at radius 3 is 2.64 bits per heavy atom. The first-order valence-electron chi connectivity index (χ1n) is 10.1. The molecular weight excluding hydrogens is 346 g/mol. The summed E-state index contributed by atoms with van der Waals surface area (Å²) in [6.45, 7) is 10.5. The van der Waals surface area contributed by atoms with Gasteiger partial charge in [-0.25, -0.2) is 0 Å². The number of hydrogen-bond donors (Lipinski definition) is 0. The number of rotatable bonds is 6. The van der Waals surface area contributed by atoms with Crippen molar-refractivity contribution in [2.75, 3.05) is 0 Å². The number of hydrogen-bond acceptors (Lipinski definition) is 2. The first kappa shape index (κ1) is 20.2. The lowest BCUT2D eigenvalue weighted by Crippen LogP contribution is -2.36. The zero-order valence-corrected chi connectivity index (χ0v) is 17.7. The molecular formula is C25H31NO2. The molecule has 1 aromatic heterocycles. The van der Waals surface area contributed by atoms with Crippen LogP contribution in [0.4, 0.5) is 0 Å². The fraction of sp³-hybridized carbons (Fsp3) is 0.400. The predicted molar refractivity (Wildman–Crippen MR) is 117 cm³/mol. The minimum atomic E-state index is -0.367. The number of fused-ring (bicyclic) bond motifs is 3. The number of ether oxygens (including phenoxy) is 1. The van der Waals surface area contributed by atoms with Gasteiger partial charge in [0.2, 0.25) is 11.2 Å². The third kappa shape index (κ3) is 4.30. The first-order valence-corrected chi connectivity index (χ1v) is 10.1. The molecule has 0 saturated carbocycles. The van der Waals surface area contributed by atoms with Crippen molar-refractivity contribution in [3.63, 3.8) is 0 Å². The summed E-state index contributed by atoms with van der Waals surface area (Å²) in [6, 6.07) is 7.67. The molecule has 0 aliphatic carbocycles. The van der Waals surface area contributed by atoms with Gasteiger partial charge in [-0.1, -0.05) is 35.4 Å². The second-order valence-electron chi connectivity index (χ2n) is 8.30. The average molecular weight is 378 g/mol. The first-order chi connectivity index (χ1) is 13.3. The van der Waals surface area contributed by atoms with Crippen LogP contribution in [0.1, 0.15) is 64.6 Å². The molecule has 0 N–H and O–H groups in total. The van der Waals surface area contributed by atoms with Gasteiger partial charge in [-0.05, 0) is 71.6 Å². The number of aromatic nitrogens is 1. The minimum Gasteiger partial charge on any atom is -0.618 e. The Morgan fingerprint density at radius 2 is 1.89 bits per heavy atom. The standard InChI is InChI=1S/C25H31NO2/c1-18(2)10-8-11-19(3)12-9-16-25(5)17-15-21-20(4)26(27)23-14-7-6-13-22(23)24(21)28-25/h6-7,10,12-15,17H,8-9,11,16H2,1-5H3. The van der Waals surface area contributed by atoms with Crippen molar-refractivity contribution in [2.24, 2.45) is 0 Å². The summed E-state index contributed by atoms with van der Waals surface area (Å²) in [5.41, 5.74) is 4.67. The smallest absolute Gasteiger partial charge is 0.227 e.